The molecular formula is C10H16N4O2. The maximum atomic E-state index is 11.0. The van der Waals surface area contributed by atoms with Gasteiger partial charge in [-0.1, -0.05) is 0 Å². The minimum Gasteiger partial charge on any atom is -0.478 e. The quantitative estimate of drug-likeness (QED) is 0.754. The van der Waals surface area contributed by atoms with E-state index in [0.29, 0.717) is 18.4 Å². The molecule has 0 spiro atoms. The fraction of sp³-hybridized carbons (Fsp3) is 0.500. The van der Waals surface area contributed by atoms with Gasteiger partial charge in [-0.15, -0.1) is 0 Å². The second-order valence-electron chi connectivity index (χ2n) is 3.13. The van der Waals surface area contributed by atoms with E-state index in [2.05, 4.69) is 20.6 Å². The Bertz CT molecular complexity index is 368. The normalized spacial score (nSPS) is 9.69. The lowest BCUT2D eigenvalue weighted by molar-refractivity contribution is -0.118. The fourth-order valence-corrected chi connectivity index (χ4v) is 1.09. The third-order valence-electron chi connectivity index (χ3n) is 1.81. The van der Waals surface area contributed by atoms with Crippen LogP contribution in [0.4, 0.5) is 5.95 Å². The third-order valence-corrected chi connectivity index (χ3v) is 1.81. The number of carbonyl (C=O) groups excluding carboxylic acids is 1. The lowest BCUT2D eigenvalue weighted by atomic mass is 10.4. The van der Waals surface area contributed by atoms with Gasteiger partial charge in [0, 0.05) is 18.8 Å². The van der Waals surface area contributed by atoms with E-state index in [4.69, 9.17) is 4.74 Å². The summed E-state index contributed by atoms with van der Waals surface area (Å²) >= 11 is 0. The lowest BCUT2D eigenvalue weighted by Crippen LogP contribution is -2.26. The fourth-order valence-electron chi connectivity index (χ4n) is 1.09. The number of carbonyl (C=O) groups is 1. The van der Waals surface area contributed by atoms with Gasteiger partial charge in [-0.05, 0) is 13.8 Å². The highest BCUT2D eigenvalue weighted by atomic mass is 16.5. The number of anilines is 1. The van der Waals surface area contributed by atoms with E-state index < -0.39 is 0 Å². The number of rotatable bonds is 5. The Labute approximate surface area is 94.4 Å². The van der Waals surface area contributed by atoms with Crippen molar-refractivity contribution < 1.29 is 9.53 Å². The summed E-state index contributed by atoms with van der Waals surface area (Å²) in [7, 11) is 1.58. The van der Waals surface area contributed by atoms with Gasteiger partial charge in [0.1, 0.15) is 0 Å². The summed E-state index contributed by atoms with van der Waals surface area (Å²) in [6.07, 6.45) is 0. The van der Waals surface area contributed by atoms with Crippen molar-refractivity contribution in [2.75, 3.05) is 25.5 Å². The van der Waals surface area contributed by atoms with Crippen LogP contribution in [-0.2, 0) is 4.79 Å². The van der Waals surface area contributed by atoms with Crippen molar-refractivity contribution in [1.29, 1.82) is 0 Å². The topological polar surface area (TPSA) is 76.1 Å². The second kappa shape index (κ2) is 5.89. The van der Waals surface area contributed by atoms with Crippen molar-refractivity contribution in [3.05, 3.63) is 11.8 Å². The molecule has 0 aliphatic rings. The monoisotopic (exact) mass is 224 g/mol. The van der Waals surface area contributed by atoms with Crippen LogP contribution in [0.2, 0.25) is 0 Å². The zero-order valence-electron chi connectivity index (χ0n) is 9.70. The van der Waals surface area contributed by atoms with Crippen LogP contribution in [0.3, 0.4) is 0 Å². The van der Waals surface area contributed by atoms with Gasteiger partial charge >= 0.3 is 0 Å². The van der Waals surface area contributed by atoms with Crippen LogP contribution in [0.5, 0.6) is 5.88 Å². The van der Waals surface area contributed by atoms with Gasteiger partial charge in [0.15, 0.2) is 0 Å². The van der Waals surface area contributed by atoms with E-state index in [-0.39, 0.29) is 12.5 Å². The molecule has 1 amide bonds. The van der Waals surface area contributed by atoms with Gasteiger partial charge < -0.3 is 15.4 Å². The number of hydrogen-bond acceptors (Lipinski definition) is 5. The maximum absolute atomic E-state index is 11.0. The first-order valence-corrected chi connectivity index (χ1v) is 5.08. The Morgan fingerprint density at radius 2 is 2.25 bits per heavy atom. The zero-order valence-corrected chi connectivity index (χ0v) is 9.70. The highest BCUT2D eigenvalue weighted by Gasteiger charge is 2.04. The van der Waals surface area contributed by atoms with E-state index >= 15 is 0 Å². The van der Waals surface area contributed by atoms with Crippen molar-refractivity contribution in [1.82, 2.24) is 15.3 Å². The van der Waals surface area contributed by atoms with Crippen LogP contribution < -0.4 is 15.4 Å². The minimum absolute atomic E-state index is 0.122. The van der Waals surface area contributed by atoms with Crippen molar-refractivity contribution in [2.24, 2.45) is 0 Å². The van der Waals surface area contributed by atoms with Crippen molar-refractivity contribution in [3.8, 4) is 5.88 Å². The molecule has 1 heterocycles. The van der Waals surface area contributed by atoms with Gasteiger partial charge in [-0.2, -0.15) is 4.98 Å². The van der Waals surface area contributed by atoms with E-state index in [9.17, 15) is 4.79 Å². The number of amides is 1. The Morgan fingerprint density at radius 3 is 2.88 bits per heavy atom. The van der Waals surface area contributed by atoms with Crippen molar-refractivity contribution in [3.63, 3.8) is 0 Å². The van der Waals surface area contributed by atoms with Crippen LogP contribution in [0, 0.1) is 6.92 Å². The predicted molar refractivity (Wildman–Crippen MR) is 60.5 cm³/mol. The highest BCUT2D eigenvalue weighted by Crippen LogP contribution is 2.11. The van der Waals surface area contributed by atoms with E-state index in [1.165, 1.54) is 0 Å². The number of likely N-dealkylation sites (N-methyl/N-ethyl adjacent to an activating group) is 1. The van der Waals surface area contributed by atoms with Gasteiger partial charge in [0.25, 0.3) is 0 Å². The molecule has 1 rings (SSSR count). The average molecular weight is 224 g/mol. The van der Waals surface area contributed by atoms with E-state index in [0.717, 1.165) is 5.69 Å². The number of ether oxygens (including phenoxy) is 1. The van der Waals surface area contributed by atoms with Gasteiger partial charge in [-0.3, -0.25) is 4.79 Å². The second-order valence-corrected chi connectivity index (χ2v) is 3.13. The minimum atomic E-state index is -0.122. The summed E-state index contributed by atoms with van der Waals surface area (Å²) in [6.45, 7) is 4.42. The van der Waals surface area contributed by atoms with E-state index in [1.54, 1.807) is 13.1 Å². The molecule has 6 nitrogen and oxygen atoms in total. The standard InChI is InChI=1S/C10H16N4O2/c1-4-16-9-5-7(2)13-10(14-9)12-6-8(15)11-3/h5H,4,6H2,1-3H3,(H,11,15)(H,12,13,14). The summed E-state index contributed by atoms with van der Waals surface area (Å²) in [6, 6.07) is 1.74. The number of aromatic nitrogens is 2. The van der Waals surface area contributed by atoms with Crippen LogP contribution >= 0.6 is 0 Å². The van der Waals surface area contributed by atoms with Gasteiger partial charge in [-0.25, -0.2) is 4.98 Å². The van der Waals surface area contributed by atoms with Crippen LogP contribution in [0.1, 0.15) is 12.6 Å². The Morgan fingerprint density at radius 1 is 1.50 bits per heavy atom. The molecule has 6 heteroatoms. The molecule has 1 aromatic heterocycles. The third kappa shape index (κ3) is 3.72. The summed E-state index contributed by atoms with van der Waals surface area (Å²) in [4.78, 5) is 19.3. The van der Waals surface area contributed by atoms with Crippen LogP contribution in [0.15, 0.2) is 6.07 Å². The molecule has 0 bridgehead atoms. The number of hydrogen-bond donors (Lipinski definition) is 2. The average Bonchev–Trinajstić information content (AvgIpc) is 2.25. The number of nitrogens with one attached hydrogen (secondary N) is 2. The molecule has 0 unspecified atom stereocenters. The molecule has 0 atom stereocenters. The molecule has 16 heavy (non-hydrogen) atoms. The summed E-state index contributed by atoms with van der Waals surface area (Å²) in [5.74, 6) is 0.782. The molecule has 0 saturated heterocycles. The molecule has 88 valence electrons. The smallest absolute Gasteiger partial charge is 0.239 e. The largest absolute Gasteiger partial charge is 0.478 e. The number of nitrogens with zero attached hydrogens (tertiary/aromatic N) is 2. The molecule has 0 radical (unpaired) electrons. The Hall–Kier alpha value is -1.85. The van der Waals surface area contributed by atoms with Crippen molar-refractivity contribution >= 4 is 11.9 Å². The molecule has 0 aliphatic heterocycles. The lowest BCUT2D eigenvalue weighted by Gasteiger charge is -2.07. The molecular weight excluding hydrogens is 208 g/mol. The first kappa shape index (κ1) is 12.2. The Balaban J connectivity index is 2.68. The van der Waals surface area contributed by atoms with E-state index in [1.807, 2.05) is 13.8 Å². The van der Waals surface area contributed by atoms with Crippen LogP contribution in [-0.4, -0.2) is 36.1 Å². The summed E-state index contributed by atoms with van der Waals surface area (Å²) in [5.41, 5.74) is 0.790. The predicted octanol–water partition coefficient (Wildman–Crippen LogP) is 0.342. The highest BCUT2D eigenvalue weighted by molar-refractivity contribution is 5.79. The molecule has 0 aromatic carbocycles. The zero-order chi connectivity index (χ0) is 12.0. The maximum Gasteiger partial charge on any atom is 0.239 e. The molecule has 0 aliphatic carbocycles. The van der Waals surface area contributed by atoms with Gasteiger partial charge in [0.05, 0.1) is 13.2 Å². The molecule has 1 aromatic rings. The first-order valence-electron chi connectivity index (χ1n) is 5.08. The molecule has 0 fully saturated rings. The number of aryl methyl sites for hydroxylation is 1. The van der Waals surface area contributed by atoms with Gasteiger partial charge in [0.2, 0.25) is 17.7 Å². The first-order chi connectivity index (χ1) is 7.65. The Kier molecular flexibility index (Phi) is 4.50. The summed E-state index contributed by atoms with van der Waals surface area (Å²) < 4.78 is 5.27. The summed E-state index contributed by atoms with van der Waals surface area (Å²) in [5, 5.41) is 5.32. The molecule has 2 N–H and O–H groups in total. The van der Waals surface area contributed by atoms with Crippen molar-refractivity contribution in [2.45, 2.75) is 13.8 Å². The SMILES string of the molecule is CCOc1cc(C)nc(NCC(=O)NC)n1. The molecule has 0 saturated carbocycles. The van der Waals surface area contributed by atoms with Crippen LogP contribution in [0.25, 0.3) is 0 Å².